The molecule has 0 bridgehead atoms. The standard InChI is InChI=1S/C17H16N2O3S/c1-17(11-5-8-23-15(11)4-7-21-17)10-19-16(20)14-9-12-13(22-14)3-2-6-18-12/h2-3,5-6,8-9H,4,7,10H2,1H3,(H,19,20). The van der Waals surface area contributed by atoms with Gasteiger partial charge < -0.3 is 14.5 Å². The molecular weight excluding hydrogens is 312 g/mol. The molecule has 0 spiro atoms. The SMILES string of the molecule is CC1(CNC(=O)c2cc3ncccc3o2)OCCc2sccc21. The minimum Gasteiger partial charge on any atom is -0.449 e. The molecule has 1 aliphatic heterocycles. The van der Waals surface area contributed by atoms with Gasteiger partial charge in [-0.15, -0.1) is 11.3 Å². The average molecular weight is 328 g/mol. The van der Waals surface area contributed by atoms with E-state index in [0.717, 1.165) is 6.42 Å². The number of rotatable bonds is 3. The summed E-state index contributed by atoms with van der Waals surface area (Å²) in [6, 6.07) is 7.31. The molecule has 0 aliphatic carbocycles. The van der Waals surface area contributed by atoms with E-state index in [0.29, 0.717) is 24.3 Å². The molecule has 1 amide bonds. The van der Waals surface area contributed by atoms with E-state index in [1.807, 2.05) is 6.92 Å². The largest absolute Gasteiger partial charge is 0.449 e. The third-order valence-corrected chi connectivity index (χ3v) is 5.14. The van der Waals surface area contributed by atoms with Gasteiger partial charge in [0.15, 0.2) is 11.3 Å². The van der Waals surface area contributed by atoms with Crippen molar-refractivity contribution in [2.75, 3.05) is 13.2 Å². The zero-order chi connectivity index (χ0) is 15.9. The summed E-state index contributed by atoms with van der Waals surface area (Å²) in [5.74, 6) is 0.0128. The van der Waals surface area contributed by atoms with Gasteiger partial charge in [0.2, 0.25) is 0 Å². The van der Waals surface area contributed by atoms with Crippen LogP contribution >= 0.6 is 11.3 Å². The Hall–Kier alpha value is -2.18. The van der Waals surface area contributed by atoms with Crippen molar-refractivity contribution in [2.45, 2.75) is 18.9 Å². The van der Waals surface area contributed by atoms with Crippen LogP contribution in [0.5, 0.6) is 0 Å². The number of pyridine rings is 1. The van der Waals surface area contributed by atoms with E-state index in [2.05, 4.69) is 21.7 Å². The van der Waals surface area contributed by atoms with Crippen LogP contribution in [0.15, 0.2) is 40.3 Å². The van der Waals surface area contributed by atoms with Crippen LogP contribution in [-0.4, -0.2) is 24.0 Å². The number of hydrogen-bond acceptors (Lipinski definition) is 5. The average Bonchev–Trinajstić information content (AvgIpc) is 3.20. The van der Waals surface area contributed by atoms with Gasteiger partial charge in [-0.3, -0.25) is 9.78 Å². The van der Waals surface area contributed by atoms with Gasteiger partial charge in [-0.25, -0.2) is 0 Å². The number of aromatic nitrogens is 1. The Morgan fingerprint density at radius 3 is 3.26 bits per heavy atom. The Kier molecular flexibility index (Phi) is 3.43. The number of carbonyl (C=O) groups excluding carboxylic acids is 1. The highest BCUT2D eigenvalue weighted by Crippen LogP contribution is 2.35. The number of furan rings is 1. The van der Waals surface area contributed by atoms with E-state index in [9.17, 15) is 4.79 Å². The Labute approximate surface area is 137 Å². The van der Waals surface area contributed by atoms with E-state index in [1.54, 1.807) is 35.7 Å². The number of amides is 1. The molecule has 23 heavy (non-hydrogen) atoms. The lowest BCUT2D eigenvalue weighted by molar-refractivity contribution is -0.0426. The van der Waals surface area contributed by atoms with Gasteiger partial charge in [0, 0.05) is 23.6 Å². The fraction of sp³-hybridized carbons (Fsp3) is 0.294. The Bertz CT molecular complexity index is 836. The van der Waals surface area contributed by atoms with Crippen LogP contribution in [-0.2, 0) is 16.8 Å². The van der Waals surface area contributed by atoms with Crippen molar-refractivity contribution >= 4 is 28.3 Å². The highest BCUT2D eigenvalue weighted by molar-refractivity contribution is 7.10. The molecule has 0 saturated heterocycles. The molecule has 4 rings (SSSR count). The third-order valence-electron chi connectivity index (χ3n) is 4.16. The number of nitrogens with one attached hydrogen (secondary N) is 1. The van der Waals surface area contributed by atoms with E-state index in [-0.39, 0.29) is 11.7 Å². The monoisotopic (exact) mass is 328 g/mol. The summed E-state index contributed by atoms with van der Waals surface area (Å²) in [6.07, 6.45) is 2.61. The van der Waals surface area contributed by atoms with Crippen molar-refractivity contribution in [3.05, 3.63) is 52.0 Å². The van der Waals surface area contributed by atoms with Crippen molar-refractivity contribution < 1.29 is 13.9 Å². The van der Waals surface area contributed by atoms with Gasteiger partial charge in [-0.1, -0.05) is 0 Å². The first-order valence-corrected chi connectivity index (χ1v) is 8.37. The summed E-state index contributed by atoms with van der Waals surface area (Å²) in [7, 11) is 0. The predicted molar refractivity (Wildman–Crippen MR) is 87.7 cm³/mol. The third kappa shape index (κ3) is 2.54. The summed E-state index contributed by atoms with van der Waals surface area (Å²) >= 11 is 1.74. The molecule has 1 N–H and O–H groups in total. The molecule has 1 aliphatic rings. The van der Waals surface area contributed by atoms with Crippen molar-refractivity contribution in [3.8, 4) is 0 Å². The molecule has 5 nitrogen and oxygen atoms in total. The van der Waals surface area contributed by atoms with Crippen LogP contribution in [0.25, 0.3) is 11.1 Å². The molecule has 3 aromatic rings. The normalized spacial score (nSPS) is 20.4. The summed E-state index contributed by atoms with van der Waals surface area (Å²) in [5.41, 5.74) is 1.96. The topological polar surface area (TPSA) is 64.4 Å². The molecule has 118 valence electrons. The molecule has 4 heterocycles. The fourth-order valence-electron chi connectivity index (χ4n) is 2.92. The van der Waals surface area contributed by atoms with Crippen molar-refractivity contribution in [1.82, 2.24) is 10.3 Å². The van der Waals surface area contributed by atoms with Gasteiger partial charge in [0.25, 0.3) is 5.91 Å². The zero-order valence-corrected chi connectivity index (χ0v) is 13.5. The van der Waals surface area contributed by atoms with Gasteiger partial charge in [-0.05, 0) is 36.1 Å². The number of carbonyl (C=O) groups is 1. The van der Waals surface area contributed by atoms with Gasteiger partial charge >= 0.3 is 0 Å². The molecular formula is C17H16N2O3S. The maximum absolute atomic E-state index is 12.4. The van der Waals surface area contributed by atoms with Crippen LogP contribution in [0.2, 0.25) is 0 Å². The lowest BCUT2D eigenvalue weighted by atomic mass is 9.93. The maximum atomic E-state index is 12.4. The smallest absolute Gasteiger partial charge is 0.287 e. The molecule has 0 radical (unpaired) electrons. The summed E-state index contributed by atoms with van der Waals surface area (Å²) in [4.78, 5) is 17.9. The second kappa shape index (κ2) is 5.47. The van der Waals surface area contributed by atoms with Crippen molar-refractivity contribution in [2.24, 2.45) is 0 Å². The Morgan fingerprint density at radius 1 is 1.48 bits per heavy atom. The van der Waals surface area contributed by atoms with Crippen LogP contribution in [0.3, 0.4) is 0 Å². The number of hydrogen-bond donors (Lipinski definition) is 1. The molecule has 3 aromatic heterocycles. The lowest BCUT2D eigenvalue weighted by Gasteiger charge is -2.34. The number of ether oxygens (including phenoxy) is 1. The molecule has 1 atom stereocenters. The molecule has 6 heteroatoms. The van der Waals surface area contributed by atoms with Crippen LogP contribution < -0.4 is 5.32 Å². The first-order valence-electron chi connectivity index (χ1n) is 7.49. The van der Waals surface area contributed by atoms with Crippen LogP contribution in [0.1, 0.15) is 27.9 Å². The fourth-order valence-corrected chi connectivity index (χ4v) is 3.90. The van der Waals surface area contributed by atoms with E-state index < -0.39 is 5.60 Å². The van der Waals surface area contributed by atoms with Gasteiger partial charge in [0.05, 0.1) is 13.2 Å². The van der Waals surface area contributed by atoms with Gasteiger partial charge in [-0.2, -0.15) is 0 Å². The lowest BCUT2D eigenvalue weighted by Crippen LogP contribution is -2.43. The second-order valence-electron chi connectivity index (χ2n) is 5.77. The predicted octanol–water partition coefficient (Wildman–Crippen LogP) is 3.11. The number of thiophene rings is 1. The highest BCUT2D eigenvalue weighted by Gasteiger charge is 2.34. The highest BCUT2D eigenvalue weighted by atomic mass is 32.1. The van der Waals surface area contributed by atoms with Crippen molar-refractivity contribution in [1.29, 1.82) is 0 Å². The van der Waals surface area contributed by atoms with E-state index >= 15 is 0 Å². The second-order valence-corrected chi connectivity index (χ2v) is 6.77. The first-order chi connectivity index (χ1) is 11.2. The Balaban J connectivity index is 1.52. The summed E-state index contributed by atoms with van der Waals surface area (Å²) < 4.78 is 11.5. The summed E-state index contributed by atoms with van der Waals surface area (Å²) in [5, 5.41) is 4.99. The number of fused-ring (bicyclic) bond motifs is 2. The van der Waals surface area contributed by atoms with Crippen molar-refractivity contribution in [3.63, 3.8) is 0 Å². The van der Waals surface area contributed by atoms with Crippen LogP contribution in [0, 0.1) is 0 Å². The quantitative estimate of drug-likeness (QED) is 0.802. The van der Waals surface area contributed by atoms with Gasteiger partial charge in [0.1, 0.15) is 11.1 Å². The molecule has 0 aromatic carbocycles. The molecule has 1 unspecified atom stereocenters. The zero-order valence-electron chi connectivity index (χ0n) is 12.7. The molecule has 0 fully saturated rings. The minimum absolute atomic E-state index is 0.254. The van der Waals surface area contributed by atoms with E-state index in [4.69, 9.17) is 9.15 Å². The first kappa shape index (κ1) is 14.4. The van der Waals surface area contributed by atoms with Crippen LogP contribution in [0.4, 0.5) is 0 Å². The molecule has 0 saturated carbocycles. The van der Waals surface area contributed by atoms with E-state index in [1.165, 1.54) is 10.4 Å². The number of nitrogens with zero attached hydrogens (tertiary/aromatic N) is 1. The maximum Gasteiger partial charge on any atom is 0.287 e. The minimum atomic E-state index is -0.493. The summed E-state index contributed by atoms with van der Waals surface area (Å²) in [6.45, 7) is 3.09. The Morgan fingerprint density at radius 2 is 2.39 bits per heavy atom.